The molecule has 0 aromatic heterocycles. The molecule has 1 aromatic rings. The number of hydrogen-bond acceptors (Lipinski definition) is 6. The predicted octanol–water partition coefficient (Wildman–Crippen LogP) is 2.02. The maximum atomic E-state index is 12.9. The van der Waals surface area contributed by atoms with Gasteiger partial charge < -0.3 is 15.3 Å². The minimum absolute atomic E-state index is 0.0476. The molecule has 0 radical (unpaired) electrons. The predicted molar refractivity (Wildman–Crippen MR) is 131 cm³/mol. The summed E-state index contributed by atoms with van der Waals surface area (Å²) in [5.41, 5.74) is 3.92. The normalized spacial score (nSPS) is 27.7. The number of Topliss-reactive ketones (excluding diaryl/α,β-unsaturated/α-hetero) is 1. The molecule has 2 fully saturated rings. The van der Waals surface area contributed by atoms with Crippen molar-refractivity contribution in [2.75, 3.05) is 33.2 Å². The van der Waals surface area contributed by atoms with Gasteiger partial charge in [0, 0.05) is 51.4 Å². The SMILES string of the molecule is CC(=O)C([C@H]1CN(C(=O)O)C(C)CN1)N1CC(c2ccc(Cl)c(Cl)c2)C[C@H]1CNN(C)S(=O)O. The van der Waals surface area contributed by atoms with Crippen LogP contribution in [-0.2, 0) is 16.1 Å². The topological polar surface area (TPSA) is 125 Å². The first-order valence-electron chi connectivity index (χ1n) is 11.0. The highest BCUT2D eigenvalue weighted by Crippen LogP contribution is 2.36. The van der Waals surface area contributed by atoms with E-state index in [1.807, 2.05) is 19.1 Å². The van der Waals surface area contributed by atoms with E-state index >= 15 is 0 Å². The lowest BCUT2D eigenvalue weighted by molar-refractivity contribution is -0.124. The molecule has 2 saturated heterocycles. The van der Waals surface area contributed by atoms with Gasteiger partial charge in [0.25, 0.3) is 0 Å². The van der Waals surface area contributed by atoms with Crippen LogP contribution < -0.4 is 10.7 Å². The molecule has 4 N–H and O–H groups in total. The van der Waals surface area contributed by atoms with Gasteiger partial charge in [-0.25, -0.2) is 14.4 Å². The number of nitrogens with one attached hydrogen (secondary N) is 2. The molecule has 34 heavy (non-hydrogen) atoms. The van der Waals surface area contributed by atoms with Gasteiger partial charge in [-0.15, -0.1) is 4.41 Å². The summed E-state index contributed by atoms with van der Waals surface area (Å²) in [7, 11) is 1.46. The van der Waals surface area contributed by atoms with Crippen LogP contribution in [-0.4, -0.2) is 97.4 Å². The molecule has 2 aliphatic rings. The first-order valence-corrected chi connectivity index (χ1v) is 12.8. The Balaban J connectivity index is 1.88. The molecule has 1 amide bonds. The van der Waals surface area contributed by atoms with Crippen molar-refractivity contribution in [1.29, 1.82) is 0 Å². The molecule has 2 heterocycles. The Bertz CT molecular complexity index is 941. The Kier molecular flexibility index (Phi) is 9.32. The number of ketones is 1. The number of halogens is 2. The largest absolute Gasteiger partial charge is 0.465 e. The molecule has 0 aliphatic carbocycles. The van der Waals surface area contributed by atoms with E-state index in [2.05, 4.69) is 15.6 Å². The van der Waals surface area contributed by atoms with Gasteiger partial charge in [-0.2, -0.15) is 0 Å². The van der Waals surface area contributed by atoms with E-state index in [0.29, 0.717) is 36.1 Å². The number of piperazine rings is 1. The summed E-state index contributed by atoms with van der Waals surface area (Å²) >= 11 is 10.1. The van der Waals surface area contributed by atoms with Gasteiger partial charge in [0.2, 0.25) is 11.3 Å². The van der Waals surface area contributed by atoms with E-state index in [1.54, 1.807) is 6.07 Å². The maximum absolute atomic E-state index is 12.9. The lowest BCUT2D eigenvalue weighted by atomic mass is 9.96. The lowest BCUT2D eigenvalue weighted by Gasteiger charge is -2.43. The molecular formula is C21H31Cl2N5O5S. The molecule has 0 saturated carbocycles. The van der Waals surface area contributed by atoms with E-state index < -0.39 is 23.4 Å². The van der Waals surface area contributed by atoms with Gasteiger partial charge in [0.1, 0.15) is 5.78 Å². The quantitative estimate of drug-likeness (QED) is 0.294. The van der Waals surface area contributed by atoms with Crippen LogP contribution in [0.1, 0.15) is 31.7 Å². The van der Waals surface area contributed by atoms with Crippen LogP contribution in [0.3, 0.4) is 0 Å². The number of nitrogens with zero attached hydrogens (tertiary/aromatic N) is 3. The van der Waals surface area contributed by atoms with Crippen molar-refractivity contribution >= 4 is 46.3 Å². The summed E-state index contributed by atoms with van der Waals surface area (Å²) in [5, 5.41) is 13.9. The minimum Gasteiger partial charge on any atom is -0.465 e. The van der Waals surface area contributed by atoms with Crippen LogP contribution in [0.4, 0.5) is 4.79 Å². The van der Waals surface area contributed by atoms with Gasteiger partial charge in [-0.1, -0.05) is 29.3 Å². The van der Waals surface area contributed by atoms with Crippen molar-refractivity contribution in [1.82, 2.24) is 25.0 Å². The van der Waals surface area contributed by atoms with E-state index in [-0.39, 0.29) is 36.4 Å². The summed E-state index contributed by atoms with van der Waals surface area (Å²) in [6, 6.07) is 4.18. The van der Waals surface area contributed by atoms with Gasteiger partial charge in [0.05, 0.1) is 16.1 Å². The third-order valence-electron chi connectivity index (χ3n) is 6.66. The zero-order chi connectivity index (χ0) is 25.2. The first kappa shape index (κ1) is 27.3. The molecule has 190 valence electrons. The second-order valence-electron chi connectivity index (χ2n) is 8.90. The molecule has 6 atom stereocenters. The number of hydrazine groups is 1. The summed E-state index contributed by atoms with van der Waals surface area (Å²) in [4.78, 5) is 28.1. The Morgan fingerprint density at radius 1 is 1.32 bits per heavy atom. The summed E-state index contributed by atoms with van der Waals surface area (Å²) in [6.07, 6.45) is -0.339. The van der Waals surface area contributed by atoms with Crippen LogP contribution >= 0.6 is 23.2 Å². The van der Waals surface area contributed by atoms with Crippen LogP contribution in [0.15, 0.2) is 18.2 Å². The fraction of sp³-hybridized carbons (Fsp3) is 0.619. The Morgan fingerprint density at radius 3 is 2.62 bits per heavy atom. The summed E-state index contributed by atoms with van der Waals surface area (Å²) < 4.78 is 21.8. The second kappa shape index (κ2) is 11.6. The van der Waals surface area contributed by atoms with E-state index in [1.165, 1.54) is 18.9 Å². The highest BCUT2D eigenvalue weighted by Gasteiger charge is 2.44. The Morgan fingerprint density at radius 2 is 2.03 bits per heavy atom. The number of likely N-dealkylation sites (tertiary alicyclic amines) is 1. The van der Waals surface area contributed by atoms with Crippen molar-refractivity contribution in [2.45, 2.75) is 50.4 Å². The molecule has 3 rings (SSSR count). The van der Waals surface area contributed by atoms with Crippen LogP contribution in [0, 0.1) is 0 Å². The van der Waals surface area contributed by atoms with E-state index in [4.69, 9.17) is 23.2 Å². The Labute approximate surface area is 211 Å². The first-order chi connectivity index (χ1) is 16.0. The standard InChI is InChI=1S/C21H31Cl2N5O5S/c1-12-8-24-19(11-27(12)21(30)31)20(13(2)29)28-10-15(14-4-5-17(22)18(23)7-14)6-16(28)9-25-26(3)34(32)33/h4-5,7,12,15-16,19-20,24-25H,6,8-11H2,1-3H3,(H,30,31)(H,32,33)/t12?,15?,16-,19+,20?/m0/s1. The zero-order valence-corrected chi connectivity index (χ0v) is 21.6. The number of carbonyl (C=O) groups is 2. The number of rotatable bonds is 8. The molecular weight excluding hydrogens is 505 g/mol. The van der Waals surface area contributed by atoms with Gasteiger partial charge in [-0.05, 0) is 43.9 Å². The molecule has 0 spiro atoms. The lowest BCUT2D eigenvalue weighted by Crippen LogP contribution is -2.66. The van der Waals surface area contributed by atoms with E-state index in [9.17, 15) is 23.5 Å². The van der Waals surface area contributed by atoms with Crippen molar-refractivity contribution in [3.8, 4) is 0 Å². The van der Waals surface area contributed by atoms with Crippen LogP contribution in [0.2, 0.25) is 10.0 Å². The molecule has 4 unspecified atom stereocenters. The molecule has 2 aliphatic heterocycles. The van der Waals surface area contributed by atoms with Crippen molar-refractivity contribution in [2.24, 2.45) is 0 Å². The number of benzene rings is 1. The maximum Gasteiger partial charge on any atom is 0.407 e. The second-order valence-corrected chi connectivity index (χ2v) is 10.7. The van der Waals surface area contributed by atoms with Gasteiger partial charge in [0.15, 0.2) is 0 Å². The van der Waals surface area contributed by atoms with Crippen LogP contribution in [0.5, 0.6) is 0 Å². The number of carboxylic acid groups (broad SMARTS) is 1. The third-order valence-corrected chi connectivity index (χ3v) is 7.99. The monoisotopic (exact) mass is 535 g/mol. The Hall–Kier alpha value is -1.31. The minimum atomic E-state index is -2.19. The molecule has 13 heteroatoms. The average Bonchev–Trinajstić information content (AvgIpc) is 3.18. The van der Waals surface area contributed by atoms with Gasteiger partial charge >= 0.3 is 6.09 Å². The smallest absolute Gasteiger partial charge is 0.407 e. The summed E-state index contributed by atoms with van der Waals surface area (Å²) in [5.74, 6) is -0.0253. The third kappa shape index (κ3) is 6.27. The molecule has 0 bridgehead atoms. The molecule has 1 aromatic carbocycles. The number of hydrogen-bond donors (Lipinski definition) is 4. The van der Waals surface area contributed by atoms with Gasteiger partial charge in [-0.3, -0.25) is 14.2 Å². The van der Waals surface area contributed by atoms with E-state index in [0.717, 1.165) is 9.98 Å². The number of amides is 1. The van der Waals surface area contributed by atoms with Crippen molar-refractivity contribution < 1.29 is 23.5 Å². The highest BCUT2D eigenvalue weighted by atomic mass is 35.5. The molecule has 10 nitrogen and oxygen atoms in total. The fourth-order valence-electron chi connectivity index (χ4n) is 4.89. The highest BCUT2D eigenvalue weighted by molar-refractivity contribution is 7.76. The van der Waals surface area contributed by atoms with Crippen molar-refractivity contribution in [3.63, 3.8) is 0 Å². The fourth-order valence-corrected chi connectivity index (χ4v) is 5.39. The number of carbonyl (C=O) groups excluding carboxylic acids is 1. The average molecular weight is 536 g/mol. The van der Waals surface area contributed by atoms with Crippen molar-refractivity contribution in [3.05, 3.63) is 33.8 Å². The van der Waals surface area contributed by atoms with Crippen LogP contribution in [0.25, 0.3) is 0 Å². The summed E-state index contributed by atoms with van der Waals surface area (Å²) in [6.45, 7) is 4.85. The zero-order valence-electron chi connectivity index (χ0n) is 19.3.